The molecule has 0 radical (unpaired) electrons. The van der Waals surface area contributed by atoms with Crippen LogP contribution < -0.4 is 0 Å². The predicted molar refractivity (Wildman–Crippen MR) is 117 cm³/mol. The van der Waals surface area contributed by atoms with E-state index in [4.69, 9.17) is 9.47 Å². The lowest BCUT2D eigenvalue weighted by Gasteiger charge is -2.45. The lowest BCUT2D eigenvalue weighted by molar-refractivity contribution is -0.168. The summed E-state index contributed by atoms with van der Waals surface area (Å²) in [7, 11) is 0. The second-order valence-electron chi connectivity index (χ2n) is 10.6. The van der Waals surface area contributed by atoms with Gasteiger partial charge in [0.2, 0.25) is 0 Å². The van der Waals surface area contributed by atoms with E-state index in [2.05, 4.69) is 19.1 Å². The molecule has 0 bridgehead atoms. The van der Waals surface area contributed by atoms with Gasteiger partial charge in [0.05, 0.1) is 23.5 Å². The Hall–Kier alpha value is -1.66. The van der Waals surface area contributed by atoms with Gasteiger partial charge in [-0.25, -0.2) is 0 Å². The van der Waals surface area contributed by atoms with Crippen molar-refractivity contribution in [3.05, 3.63) is 23.8 Å². The first kappa shape index (κ1) is 24.0. The van der Waals surface area contributed by atoms with Crippen molar-refractivity contribution in [2.75, 3.05) is 0 Å². The van der Waals surface area contributed by atoms with E-state index >= 15 is 0 Å². The molecule has 3 rings (SSSR count). The maximum absolute atomic E-state index is 12.9. The number of cyclic esters (lactones) is 1. The third-order valence-electron chi connectivity index (χ3n) is 7.36. The highest BCUT2D eigenvalue weighted by atomic mass is 16.6. The summed E-state index contributed by atoms with van der Waals surface area (Å²) in [6.45, 7) is 9.65. The molecule has 1 saturated heterocycles. The van der Waals surface area contributed by atoms with Gasteiger partial charge in [0.15, 0.2) is 0 Å². The van der Waals surface area contributed by atoms with Gasteiger partial charge in [-0.05, 0) is 63.5 Å². The lowest BCUT2D eigenvalue weighted by atomic mass is 9.64. The summed E-state index contributed by atoms with van der Waals surface area (Å²) in [5, 5.41) is 20.7. The normalized spacial score (nSPS) is 38.2. The number of ether oxygens (including phenoxy) is 2. The second kappa shape index (κ2) is 9.07. The van der Waals surface area contributed by atoms with Crippen molar-refractivity contribution in [1.29, 1.82) is 0 Å². The Morgan fingerprint density at radius 1 is 1.35 bits per heavy atom. The number of esters is 2. The predicted octanol–water partition coefficient (Wildman–Crippen LogP) is 3.70. The van der Waals surface area contributed by atoms with Crippen molar-refractivity contribution in [3.63, 3.8) is 0 Å². The average molecular weight is 435 g/mol. The number of carbonyl (C=O) groups excluding carboxylic acids is 2. The smallest absolute Gasteiger partial charge is 0.311 e. The fourth-order valence-electron chi connectivity index (χ4n) is 5.09. The van der Waals surface area contributed by atoms with E-state index in [1.54, 1.807) is 6.92 Å². The number of rotatable bonds is 6. The topological polar surface area (TPSA) is 93.1 Å². The van der Waals surface area contributed by atoms with Crippen molar-refractivity contribution in [2.45, 2.75) is 97.1 Å². The largest absolute Gasteiger partial charge is 0.462 e. The summed E-state index contributed by atoms with van der Waals surface area (Å²) >= 11 is 0. The summed E-state index contributed by atoms with van der Waals surface area (Å²) in [5.41, 5.74) is -0.608. The summed E-state index contributed by atoms with van der Waals surface area (Å²) in [6, 6.07) is 0. The van der Waals surface area contributed by atoms with Crippen LogP contribution in [0.1, 0.15) is 73.1 Å². The van der Waals surface area contributed by atoms with Crippen molar-refractivity contribution in [2.24, 2.45) is 23.2 Å². The van der Waals surface area contributed by atoms with E-state index in [0.717, 1.165) is 12.0 Å². The first-order valence-corrected chi connectivity index (χ1v) is 11.6. The maximum atomic E-state index is 12.9. The molecule has 0 spiro atoms. The van der Waals surface area contributed by atoms with Crippen molar-refractivity contribution in [3.8, 4) is 0 Å². The van der Waals surface area contributed by atoms with Crippen LogP contribution in [0.25, 0.3) is 0 Å². The van der Waals surface area contributed by atoms with Crippen molar-refractivity contribution >= 4 is 11.9 Å². The number of hydrogen-bond donors (Lipinski definition) is 2. The van der Waals surface area contributed by atoms with E-state index in [9.17, 15) is 19.8 Å². The van der Waals surface area contributed by atoms with Crippen LogP contribution >= 0.6 is 0 Å². The molecule has 0 saturated carbocycles. The highest BCUT2D eigenvalue weighted by Crippen LogP contribution is 2.46. The number of fused-ring (bicyclic) bond motifs is 1. The Bertz CT molecular complexity index is 749. The zero-order chi connectivity index (χ0) is 23.0. The number of aliphatic hydroxyl groups is 2. The molecule has 6 nitrogen and oxygen atoms in total. The molecule has 0 unspecified atom stereocenters. The molecule has 31 heavy (non-hydrogen) atoms. The van der Waals surface area contributed by atoms with Crippen molar-refractivity contribution < 1.29 is 29.3 Å². The minimum Gasteiger partial charge on any atom is -0.462 e. The Kier molecular flexibility index (Phi) is 7.02. The summed E-state index contributed by atoms with van der Waals surface area (Å²) < 4.78 is 11.5. The molecule has 2 N–H and O–H groups in total. The SMILES string of the molecule is CCC(C)(C)C(=O)O[C@@H]1C[C@@](C)(O)C=C2C=C[C@@H](C)[C@@H](CC[C@@H]3C[C@H](O)CC(=O)O3)[C@@H]21. The molecule has 0 aromatic rings. The van der Waals surface area contributed by atoms with Gasteiger partial charge in [0.25, 0.3) is 0 Å². The third kappa shape index (κ3) is 5.58. The molecular weight excluding hydrogens is 396 g/mol. The molecule has 2 aliphatic carbocycles. The van der Waals surface area contributed by atoms with E-state index in [-0.39, 0.29) is 42.2 Å². The zero-order valence-corrected chi connectivity index (χ0v) is 19.5. The Morgan fingerprint density at radius 3 is 2.71 bits per heavy atom. The van der Waals surface area contributed by atoms with E-state index in [1.165, 1.54) is 0 Å². The molecule has 1 fully saturated rings. The van der Waals surface area contributed by atoms with Gasteiger partial charge in [0.1, 0.15) is 12.2 Å². The number of allylic oxidation sites excluding steroid dienone is 2. The van der Waals surface area contributed by atoms with Crippen LogP contribution in [0.5, 0.6) is 0 Å². The quantitative estimate of drug-likeness (QED) is 0.619. The maximum Gasteiger partial charge on any atom is 0.311 e. The molecule has 174 valence electrons. The molecule has 6 heteroatoms. The van der Waals surface area contributed by atoms with Crippen LogP contribution in [0.15, 0.2) is 23.8 Å². The van der Waals surface area contributed by atoms with Crippen LogP contribution in [0.4, 0.5) is 0 Å². The van der Waals surface area contributed by atoms with Crippen LogP contribution in [0.2, 0.25) is 0 Å². The standard InChI is InChI=1S/C25H38O6/c1-6-24(3,4)23(28)31-20-14-25(5,29)13-16-8-7-15(2)19(22(16)20)10-9-18-11-17(26)12-21(27)30-18/h7-8,13,15,17-20,22,26,29H,6,9-12,14H2,1-5H3/t15-,17+,18-,19-,20-,22-,25+/m1/s1. The number of aliphatic hydroxyl groups excluding tert-OH is 1. The first-order valence-electron chi connectivity index (χ1n) is 11.6. The number of hydrogen-bond acceptors (Lipinski definition) is 6. The monoisotopic (exact) mass is 434 g/mol. The van der Waals surface area contributed by atoms with Gasteiger partial charge in [-0.15, -0.1) is 0 Å². The summed E-state index contributed by atoms with van der Waals surface area (Å²) in [6.07, 6.45) is 7.77. The van der Waals surface area contributed by atoms with Gasteiger partial charge < -0.3 is 19.7 Å². The molecular formula is C25H38O6. The highest BCUT2D eigenvalue weighted by molar-refractivity contribution is 5.76. The molecule has 7 atom stereocenters. The van der Waals surface area contributed by atoms with E-state index in [0.29, 0.717) is 25.7 Å². The highest BCUT2D eigenvalue weighted by Gasteiger charge is 2.46. The van der Waals surface area contributed by atoms with Gasteiger partial charge in [-0.3, -0.25) is 9.59 Å². The minimum atomic E-state index is -1.04. The van der Waals surface area contributed by atoms with Gasteiger partial charge in [-0.1, -0.05) is 26.0 Å². The molecule has 0 amide bonds. The van der Waals surface area contributed by atoms with Gasteiger partial charge in [-0.2, -0.15) is 0 Å². The average Bonchev–Trinajstić information content (AvgIpc) is 2.66. The number of carbonyl (C=O) groups is 2. The lowest BCUT2D eigenvalue weighted by Crippen LogP contribution is -2.47. The molecule has 1 aliphatic heterocycles. The van der Waals surface area contributed by atoms with Gasteiger partial charge in [0, 0.05) is 18.8 Å². The summed E-state index contributed by atoms with van der Waals surface area (Å²) in [4.78, 5) is 24.6. The molecule has 0 aromatic heterocycles. The minimum absolute atomic E-state index is 0.0129. The van der Waals surface area contributed by atoms with Crippen LogP contribution in [0, 0.1) is 23.2 Å². The summed E-state index contributed by atoms with van der Waals surface area (Å²) in [5.74, 6) is -0.144. The van der Waals surface area contributed by atoms with Crippen LogP contribution in [0.3, 0.4) is 0 Å². The Labute approximate surface area is 185 Å². The molecule has 3 aliphatic rings. The second-order valence-corrected chi connectivity index (χ2v) is 10.6. The van der Waals surface area contributed by atoms with Gasteiger partial charge >= 0.3 is 11.9 Å². The van der Waals surface area contributed by atoms with E-state index in [1.807, 2.05) is 26.8 Å². The van der Waals surface area contributed by atoms with E-state index < -0.39 is 23.2 Å². The van der Waals surface area contributed by atoms with Crippen molar-refractivity contribution in [1.82, 2.24) is 0 Å². The fourth-order valence-corrected chi connectivity index (χ4v) is 5.09. The van der Waals surface area contributed by atoms with Crippen LogP contribution in [-0.4, -0.2) is 46.1 Å². The zero-order valence-electron chi connectivity index (χ0n) is 19.5. The molecule has 1 heterocycles. The first-order chi connectivity index (χ1) is 14.4. The Balaban J connectivity index is 1.81. The third-order valence-corrected chi connectivity index (χ3v) is 7.36. The Morgan fingerprint density at radius 2 is 2.06 bits per heavy atom. The van der Waals surface area contributed by atoms with Crippen LogP contribution in [-0.2, 0) is 19.1 Å². The fraction of sp³-hybridized carbons (Fsp3) is 0.760. The molecule has 0 aromatic carbocycles.